The summed E-state index contributed by atoms with van der Waals surface area (Å²) in [4.78, 5) is 11.9. The Morgan fingerprint density at radius 2 is 1.72 bits per heavy atom. The second kappa shape index (κ2) is 6.05. The summed E-state index contributed by atoms with van der Waals surface area (Å²) in [5, 5.41) is 0. The zero-order valence-corrected chi connectivity index (χ0v) is 12.5. The molecule has 0 bridgehead atoms. The minimum Gasteiger partial charge on any atom is -0.462 e. The van der Waals surface area contributed by atoms with E-state index >= 15 is 0 Å². The van der Waals surface area contributed by atoms with Crippen molar-refractivity contribution in [2.75, 3.05) is 0 Å². The molecule has 3 heteroatoms. The van der Waals surface area contributed by atoms with Crippen LogP contribution in [0.4, 0.5) is 0 Å². The summed E-state index contributed by atoms with van der Waals surface area (Å²) >= 11 is 0. The SMILES string of the molecule is CC1CC(C)CC(OC(=O)CC(N)C(C)(C)C)C1. The first-order valence-corrected chi connectivity index (χ1v) is 7.13. The highest BCUT2D eigenvalue weighted by atomic mass is 16.5. The number of ether oxygens (including phenoxy) is 1. The molecule has 0 aromatic heterocycles. The Morgan fingerprint density at radius 1 is 1.22 bits per heavy atom. The first-order valence-electron chi connectivity index (χ1n) is 7.13. The molecule has 0 amide bonds. The van der Waals surface area contributed by atoms with Crippen molar-refractivity contribution in [3.8, 4) is 0 Å². The highest BCUT2D eigenvalue weighted by Gasteiger charge is 2.29. The topological polar surface area (TPSA) is 52.3 Å². The summed E-state index contributed by atoms with van der Waals surface area (Å²) in [6.45, 7) is 10.6. The molecule has 3 unspecified atom stereocenters. The standard InChI is InChI=1S/C15H29NO2/c1-10-6-11(2)8-12(7-10)18-14(17)9-13(16)15(3,4)5/h10-13H,6-9,16H2,1-5H3. The van der Waals surface area contributed by atoms with Gasteiger partial charge >= 0.3 is 5.97 Å². The van der Waals surface area contributed by atoms with Crippen molar-refractivity contribution in [1.29, 1.82) is 0 Å². The summed E-state index contributed by atoms with van der Waals surface area (Å²) < 4.78 is 5.58. The summed E-state index contributed by atoms with van der Waals surface area (Å²) in [7, 11) is 0. The zero-order chi connectivity index (χ0) is 13.9. The van der Waals surface area contributed by atoms with Gasteiger partial charge in [0.25, 0.3) is 0 Å². The predicted molar refractivity (Wildman–Crippen MR) is 74.1 cm³/mol. The van der Waals surface area contributed by atoms with Gasteiger partial charge in [-0.15, -0.1) is 0 Å². The lowest BCUT2D eigenvalue weighted by Gasteiger charge is -2.32. The second-order valence-corrected chi connectivity index (χ2v) is 7.21. The van der Waals surface area contributed by atoms with Gasteiger partial charge in [-0.25, -0.2) is 0 Å². The van der Waals surface area contributed by atoms with Crippen molar-refractivity contribution in [3.63, 3.8) is 0 Å². The molecule has 1 aliphatic carbocycles. The molecular formula is C15H29NO2. The third-order valence-corrected chi connectivity index (χ3v) is 3.93. The van der Waals surface area contributed by atoms with E-state index in [0.29, 0.717) is 18.3 Å². The molecule has 1 saturated carbocycles. The minimum absolute atomic E-state index is 0.0494. The van der Waals surface area contributed by atoms with Gasteiger partial charge in [0, 0.05) is 6.04 Å². The summed E-state index contributed by atoms with van der Waals surface area (Å²) in [5.41, 5.74) is 5.96. The van der Waals surface area contributed by atoms with E-state index in [4.69, 9.17) is 10.5 Å². The number of hydrogen-bond donors (Lipinski definition) is 1. The average Bonchev–Trinajstić information content (AvgIpc) is 2.13. The normalized spacial score (nSPS) is 30.9. The van der Waals surface area contributed by atoms with E-state index in [0.717, 1.165) is 12.8 Å². The molecule has 3 nitrogen and oxygen atoms in total. The quantitative estimate of drug-likeness (QED) is 0.788. The van der Waals surface area contributed by atoms with Crippen LogP contribution in [-0.2, 0) is 9.53 Å². The summed E-state index contributed by atoms with van der Waals surface area (Å²) in [6, 6.07) is -0.136. The molecule has 1 aliphatic rings. The molecule has 3 atom stereocenters. The highest BCUT2D eigenvalue weighted by molar-refractivity contribution is 5.70. The maximum atomic E-state index is 11.9. The highest BCUT2D eigenvalue weighted by Crippen LogP contribution is 2.30. The minimum atomic E-state index is -0.136. The Labute approximate surface area is 111 Å². The number of carbonyl (C=O) groups excluding carboxylic acids is 1. The van der Waals surface area contributed by atoms with Gasteiger partial charge < -0.3 is 10.5 Å². The van der Waals surface area contributed by atoms with Crippen molar-refractivity contribution in [2.24, 2.45) is 23.0 Å². The molecule has 2 N–H and O–H groups in total. The fourth-order valence-corrected chi connectivity index (χ4v) is 2.69. The number of esters is 1. The molecule has 0 saturated heterocycles. The van der Waals surface area contributed by atoms with E-state index in [2.05, 4.69) is 34.6 Å². The first-order chi connectivity index (χ1) is 8.18. The van der Waals surface area contributed by atoms with E-state index in [1.807, 2.05) is 0 Å². The number of nitrogens with two attached hydrogens (primary N) is 1. The summed E-state index contributed by atoms with van der Waals surface area (Å²) in [6.07, 6.45) is 3.67. The number of hydrogen-bond acceptors (Lipinski definition) is 3. The fourth-order valence-electron chi connectivity index (χ4n) is 2.69. The van der Waals surface area contributed by atoms with E-state index in [-0.39, 0.29) is 23.5 Å². The molecular weight excluding hydrogens is 226 g/mol. The maximum absolute atomic E-state index is 11.9. The van der Waals surface area contributed by atoms with E-state index < -0.39 is 0 Å². The third-order valence-electron chi connectivity index (χ3n) is 3.93. The van der Waals surface area contributed by atoms with Gasteiger partial charge in [0.15, 0.2) is 0 Å². The Bertz CT molecular complexity index is 273. The second-order valence-electron chi connectivity index (χ2n) is 7.21. The molecule has 1 rings (SSSR count). The fraction of sp³-hybridized carbons (Fsp3) is 0.933. The Hall–Kier alpha value is -0.570. The van der Waals surface area contributed by atoms with Crippen LogP contribution >= 0.6 is 0 Å². The smallest absolute Gasteiger partial charge is 0.307 e. The molecule has 0 radical (unpaired) electrons. The van der Waals surface area contributed by atoms with Gasteiger partial charge in [0.2, 0.25) is 0 Å². The maximum Gasteiger partial charge on any atom is 0.307 e. The van der Waals surface area contributed by atoms with Crippen LogP contribution < -0.4 is 5.73 Å². The van der Waals surface area contributed by atoms with Crippen LogP contribution in [0.15, 0.2) is 0 Å². The van der Waals surface area contributed by atoms with Gasteiger partial charge in [-0.2, -0.15) is 0 Å². The molecule has 0 heterocycles. The molecule has 106 valence electrons. The van der Waals surface area contributed by atoms with Crippen LogP contribution in [0.3, 0.4) is 0 Å². The molecule has 1 fully saturated rings. The third kappa shape index (κ3) is 4.97. The molecule has 0 aliphatic heterocycles. The van der Waals surface area contributed by atoms with Gasteiger partial charge in [0.05, 0.1) is 6.42 Å². The molecule has 0 aromatic carbocycles. The van der Waals surface area contributed by atoms with Gasteiger partial charge in [-0.3, -0.25) is 4.79 Å². The lowest BCUT2D eigenvalue weighted by Crippen LogP contribution is -2.38. The van der Waals surface area contributed by atoms with Gasteiger partial charge in [-0.05, 0) is 36.5 Å². The summed E-state index contributed by atoms with van der Waals surface area (Å²) in [5.74, 6) is 1.18. The van der Waals surface area contributed by atoms with Crippen LogP contribution in [0, 0.1) is 17.3 Å². The van der Waals surface area contributed by atoms with Crippen LogP contribution in [0.1, 0.15) is 60.3 Å². The van der Waals surface area contributed by atoms with Gasteiger partial charge in [0.1, 0.15) is 6.10 Å². The Morgan fingerprint density at radius 3 is 2.17 bits per heavy atom. The van der Waals surface area contributed by atoms with Crippen molar-refractivity contribution >= 4 is 5.97 Å². The lowest BCUT2D eigenvalue weighted by atomic mass is 9.81. The monoisotopic (exact) mass is 255 g/mol. The molecule has 0 aromatic rings. The van der Waals surface area contributed by atoms with E-state index in [1.165, 1.54) is 6.42 Å². The Kier molecular flexibility index (Phi) is 5.20. The zero-order valence-electron chi connectivity index (χ0n) is 12.5. The van der Waals surface area contributed by atoms with Gasteiger partial charge in [-0.1, -0.05) is 34.6 Å². The molecule has 0 spiro atoms. The average molecular weight is 255 g/mol. The molecule has 18 heavy (non-hydrogen) atoms. The number of rotatable bonds is 3. The van der Waals surface area contributed by atoms with Crippen molar-refractivity contribution < 1.29 is 9.53 Å². The van der Waals surface area contributed by atoms with Crippen molar-refractivity contribution in [1.82, 2.24) is 0 Å². The largest absolute Gasteiger partial charge is 0.462 e. The lowest BCUT2D eigenvalue weighted by molar-refractivity contribution is -0.153. The first kappa shape index (κ1) is 15.5. The van der Waals surface area contributed by atoms with Crippen LogP contribution in [-0.4, -0.2) is 18.1 Å². The number of carbonyl (C=O) groups is 1. The van der Waals surface area contributed by atoms with E-state index in [1.54, 1.807) is 0 Å². The Balaban J connectivity index is 2.40. The van der Waals surface area contributed by atoms with Crippen molar-refractivity contribution in [3.05, 3.63) is 0 Å². The predicted octanol–water partition coefficient (Wildman–Crippen LogP) is 3.12. The van der Waals surface area contributed by atoms with Crippen molar-refractivity contribution in [2.45, 2.75) is 72.4 Å². The van der Waals surface area contributed by atoms with Crippen LogP contribution in [0.2, 0.25) is 0 Å². The van der Waals surface area contributed by atoms with Crippen LogP contribution in [0.5, 0.6) is 0 Å². The van der Waals surface area contributed by atoms with Crippen LogP contribution in [0.25, 0.3) is 0 Å². The van der Waals surface area contributed by atoms with E-state index in [9.17, 15) is 4.79 Å².